The number of nitrogens with one attached hydrogen (secondary N) is 1. The fraction of sp³-hybridized carbons (Fsp3) is 0.500. The van der Waals surface area contributed by atoms with Gasteiger partial charge < -0.3 is 10.4 Å². The second-order valence-electron chi connectivity index (χ2n) is 4.26. The lowest BCUT2D eigenvalue weighted by Crippen LogP contribution is -2.29. The lowest BCUT2D eigenvalue weighted by atomic mass is 10.1. The van der Waals surface area contributed by atoms with Gasteiger partial charge in [-0.15, -0.1) is 0 Å². The van der Waals surface area contributed by atoms with E-state index in [1.807, 2.05) is 0 Å². The number of pyridine rings is 1. The minimum absolute atomic E-state index is 0.137. The van der Waals surface area contributed by atoms with Crippen LogP contribution in [0.4, 0.5) is 0 Å². The highest BCUT2D eigenvalue weighted by Gasteiger charge is 2.23. The Kier molecular flexibility index (Phi) is 3.51. The zero-order valence-electron chi connectivity index (χ0n) is 9.10. The summed E-state index contributed by atoms with van der Waals surface area (Å²) in [5, 5.41) is 12.2. The van der Waals surface area contributed by atoms with Crippen molar-refractivity contribution in [2.45, 2.75) is 25.4 Å². The SMILES string of the molecule is O=C(NCC1CCC(O)C1)c1ccccn1. The van der Waals surface area contributed by atoms with Crippen LogP contribution in [0.15, 0.2) is 24.4 Å². The summed E-state index contributed by atoms with van der Waals surface area (Å²) in [6.07, 6.45) is 4.06. The Labute approximate surface area is 94.7 Å². The summed E-state index contributed by atoms with van der Waals surface area (Å²) in [5.74, 6) is 0.268. The molecule has 2 atom stereocenters. The van der Waals surface area contributed by atoms with E-state index < -0.39 is 0 Å². The average Bonchev–Trinajstić information content (AvgIpc) is 2.73. The van der Waals surface area contributed by atoms with Crippen molar-refractivity contribution in [3.8, 4) is 0 Å². The number of amides is 1. The number of aliphatic hydroxyl groups is 1. The van der Waals surface area contributed by atoms with Gasteiger partial charge in [-0.2, -0.15) is 0 Å². The molecule has 0 radical (unpaired) electrons. The van der Waals surface area contributed by atoms with E-state index in [9.17, 15) is 9.90 Å². The molecule has 1 saturated carbocycles. The quantitative estimate of drug-likeness (QED) is 0.798. The summed E-state index contributed by atoms with van der Waals surface area (Å²) in [6.45, 7) is 0.631. The second-order valence-corrected chi connectivity index (χ2v) is 4.26. The molecule has 1 aromatic heterocycles. The zero-order valence-corrected chi connectivity index (χ0v) is 9.10. The third kappa shape index (κ3) is 2.79. The molecule has 1 heterocycles. The maximum absolute atomic E-state index is 11.6. The molecule has 0 aliphatic heterocycles. The number of aromatic nitrogens is 1. The van der Waals surface area contributed by atoms with E-state index in [1.165, 1.54) is 0 Å². The third-order valence-electron chi connectivity index (χ3n) is 2.96. The van der Waals surface area contributed by atoms with Crippen molar-refractivity contribution < 1.29 is 9.90 Å². The van der Waals surface area contributed by atoms with Crippen molar-refractivity contribution in [3.05, 3.63) is 30.1 Å². The van der Waals surface area contributed by atoms with E-state index in [4.69, 9.17) is 0 Å². The number of nitrogens with zero attached hydrogens (tertiary/aromatic N) is 1. The van der Waals surface area contributed by atoms with Crippen LogP contribution < -0.4 is 5.32 Å². The van der Waals surface area contributed by atoms with Gasteiger partial charge in [0.25, 0.3) is 5.91 Å². The number of carbonyl (C=O) groups is 1. The van der Waals surface area contributed by atoms with Crippen LogP contribution >= 0.6 is 0 Å². The molecule has 2 unspecified atom stereocenters. The van der Waals surface area contributed by atoms with Crippen molar-refractivity contribution >= 4 is 5.91 Å². The monoisotopic (exact) mass is 220 g/mol. The van der Waals surface area contributed by atoms with Gasteiger partial charge in [0.2, 0.25) is 0 Å². The first-order chi connectivity index (χ1) is 7.75. The molecule has 4 heteroatoms. The van der Waals surface area contributed by atoms with Crippen LogP contribution in [0.5, 0.6) is 0 Å². The van der Waals surface area contributed by atoms with E-state index in [1.54, 1.807) is 24.4 Å². The molecule has 1 aliphatic carbocycles. The summed E-state index contributed by atoms with van der Waals surface area (Å²) >= 11 is 0. The Morgan fingerprint density at radius 1 is 1.50 bits per heavy atom. The van der Waals surface area contributed by atoms with Crippen LogP contribution in [-0.4, -0.2) is 28.6 Å². The van der Waals surface area contributed by atoms with Gasteiger partial charge in [-0.1, -0.05) is 6.07 Å². The molecule has 86 valence electrons. The Bertz CT molecular complexity index is 353. The van der Waals surface area contributed by atoms with E-state index in [0.717, 1.165) is 19.3 Å². The summed E-state index contributed by atoms with van der Waals surface area (Å²) in [5.41, 5.74) is 0.445. The summed E-state index contributed by atoms with van der Waals surface area (Å²) in [4.78, 5) is 15.6. The predicted octanol–water partition coefficient (Wildman–Crippen LogP) is 0.972. The molecule has 2 N–H and O–H groups in total. The van der Waals surface area contributed by atoms with Gasteiger partial charge in [-0.05, 0) is 37.3 Å². The van der Waals surface area contributed by atoms with Crippen LogP contribution in [-0.2, 0) is 0 Å². The van der Waals surface area contributed by atoms with Crippen molar-refractivity contribution in [2.75, 3.05) is 6.54 Å². The molecule has 2 rings (SSSR count). The first-order valence-electron chi connectivity index (χ1n) is 5.63. The highest BCUT2D eigenvalue weighted by molar-refractivity contribution is 5.92. The van der Waals surface area contributed by atoms with Gasteiger partial charge in [0.1, 0.15) is 5.69 Å². The van der Waals surface area contributed by atoms with Crippen molar-refractivity contribution in [1.82, 2.24) is 10.3 Å². The minimum atomic E-state index is -0.184. The number of carbonyl (C=O) groups excluding carboxylic acids is 1. The fourth-order valence-corrected chi connectivity index (χ4v) is 2.06. The van der Waals surface area contributed by atoms with Gasteiger partial charge in [-0.25, -0.2) is 0 Å². The topological polar surface area (TPSA) is 62.2 Å². The molecule has 16 heavy (non-hydrogen) atoms. The first kappa shape index (κ1) is 11.1. The fourth-order valence-electron chi connectivity index (χ4n) is 2.06. The highest BCUT2D eigenvalue weighted by Crippen LogP contribution is 2.24. The summed E-state index contributed by atoms with van der Waals surface area (Å²) < 4.78 is 0. The van der Waals surface area contributed by atoms with Gasteiger partial charge >= 0.3 is 0 Å². The zero-order chi connectivity index (χ0) is 11.4. The van der Waals surface area contributed by atoms with E-state index in [2.05, 4.69) is 10.3 Å². The summed E-state index contributed by atoms with van der Waals surface area (Å²) in [7, 11) is 0. The average molecular weight is 220 g/mol. The Morgan fingerprint density at radius 2 is 2.38 bits per heavy atom. The molecule has 1 aromatic rings. The molecule has 0 spiro atoms. The molecular weight excluding hydrogens is 204 g/mol. The molecule has 0 bridgehead atoms. The molecule has 0 saturated heterocycles. The maximum Gasteiger partial charge on any atom is 0.269 e. The Balaban J connectivity index is 1.80. The van der Waals surface area contributed by atoms with Crippen LogP contribution in [0.1, 0.15) is 29.8 Å². The van der Waals surface area contributed by atoms with Gasteiger partial charge in [0.15, 0.2) is 0 Å². The molecular formula is C12H16N2O2. The molecule has 1 amide bonds. The standard InChI is InChI=1S/C12H16N2O2/c15-10-5-4-9(7-10)8-14-12(16)11-3-1-2-6-13-11/h1-3,6,9-10,15H,4-5,7-8H2,(H,14,16). The van der Waals surface area contributed by atoms with E-state index in [0.29, 0.717) is 18.2 Å². The van der Waals surface area contributed by atoms with Crippen molar-refractivity contribution in [3.63, 3.8) is 0 Å². The van der Waals surface area contributed by atoms with Crippen molar-refractivity contribution in [1.29, 1.82) is 0 Å². The normalized spacial score (nSPS) is 24.3. The van der Waals surface area contributed by atoms with Crippen LogP contribution in [0.2, 0.25) is 0 Å². The lowest BCUT2D eigenvalue weighted by molar-refractivity contribution is 0.0940. The molecule has 4 nitrogen and oxygen atoms in total. The maximum atomic E-state index is 11.6. The van der Waals surface area contributed by atoms with Crippen LogP contribution in [0, 0.1) is 5.92 Å². The number of hydrogen-bond acceptors (Lipinski definition) is 3. The smallest absolute Gasteiger partial charge is 0.269 e. The second kappa shape index (κ2) is 5.07. The Hall–Kier alpha value is -1.42. The first-order valence-corrected chi connectivity index (χ1v) is 5.63. The van der Waals surface area contributed by atoms with Crippen LogP contribution in [0.3, 0.4) is 0 Å². The number of hydrogen-bond donors (Lipinski definition) is 2. The van der Waals surface area contributed by atoms with Gasteiger partial charge in [0.05, 0.1) is 6.10 Å². The highest BCUT2D eigenvalue weighted by atomic mass is 16.3. The summed E-state index contributed by atoms with van der Waals surface area (Å²) in [6, 6.07) is 5.27. The van der Waals surface area contributed by atoms with E-state index in [-0.39, 0.29) is 12.0 Å². The van der Waals surface area contributed by atoms with Gasteiger partial charge in [-0.3, -0.25) is 9.78 Å². The largest absolute Gasteiger partial charge is 0.393 e. The number of rotatable bonds is 3. The lowest BCUT2D eigenvalue weighted by Gasteiger charge is -2.10. The van der Waals surface area contributed by atoms with Crippen molar-refractivity contribution in [2.24, 2.45) is 5.92 Å². The molecule has 1 fully saturated rings. The predicted molar refractivity (Wildman–Crippen MR) is 59.9 cm³/mol. The van der Waals surface area contributed by atoms with Gasteiger partial charge in [0, 0.05) is 12.7 Å². The number of aliphatic hydroxyl groups excluding tert-OH is 1. The minimum Gasteiger partial charge on any atom is -0.393 e. The van der Waals surface area contributed by atoms with Crippen LogP contribution in [0.25, 0.3) is 0 Å². The third-order valence-corrected chi connectivity index (χ3v) is 2.96. The molecule has 1 aliphatic rings. The molecule has 0 aromatic carbocycles. The van der Waals surface area contributed by atoms with E-state index >= 15 is 0 Å². The Morgan fingerprint density at radius 3 is 3.00 bits per heavy atom.